The van der Waals surface area contributed by atoms with Crippen molar-refractivity contribution in [2.75, 3.05) is 0 Å². The van der Waals surface area contributed by atoms with Gasteiger partial charge < -0.3 is 5.11 Å². The van der Waals surface area contributed by atoms with Crippen LogP contribution in [0, 0.1) is 0 Å². The molecule has 0 atom stereocenters. The summed E-state index contributed by atoms with van der Waals surface area (Å²) in [6.07, 6.45) is 1.09. The zero-order valence-electron chi connectivity index (χ0n) is 6.61. The van der Waals surface area contributed by atoms with Gasteiger partial charge in [0.05, 0.1) is 3.41 Å². The van der Waals surface area contributed by atoms with Gasteiger partial charge in [0.1, 0.15) is 0 Å². The highest BCUT2D eigenvalue weighted by Crippen LogP contribution is 2.26. The van der Waals surface area contributed by atoms with Crippen LogP contribution >= 0.6 is 37.9 Å². The van der Waals surface area contributed by atoms with Crippen LogP contribution in [0.3, 0.4) is 0 Å². The molecule has 11 heavy (non-hydrogen) atoms. The molecule has 0 aromatic rings. The number of thiol groups is 3. The van der Waals surface area contributed by atoms with Gasteiger partial charge in [-0.05, 0) is 6.42 Å². The molecule has 0 radical (unpaired) electrons. The van der Waals surface area contributed by atoms with Crippen LogP contribution in [0.5, 0.6) is 0 Å². The fourth-order valence-electron chi connectivity index (χ4n) is 0. The van der Waals surface area contributed by atoms with E-state index < -0.39 is 5.97 Å². The predicted molar refractivity (Wildman–Crippen MR) is 57.9 cm³/mol. The van der Waals surface area contributed by atoms with Crippen LogP contribution < -0.4 is 0 Å². The van der Waals surface area contributed by atoms with E-state index >= 15 is 0 Å². The molecular weight excluding hydrogens is 200 g/mol. The maximum Gasteiger partial charge on any atom is 0.303 e. The number of rotatable bonds is 2. The predicted octanol–water partition coefficient (Wildman–Crippen LogP) is 2.32. The van der Waals surface area contributed by atoms with Gasteiger partial charge in [-0.15, -0.1) is 0 Å². The summed E-state index contributed by atoms with van der Waals surface area (Å²) < 4.78 is -0.375. The summed E-state index contributed by atoms with van der Waals surface area (Å²) in [4.78, 5) is 9.37. The molecule has 0 unspecified atom stereocenters. The quantitative estimate of drug-likeness (QED) is 0.421. The van der Waals surface area contributed by atoms with Crippen LogP contribution in [0.1, 0.15) is 26.7 Å². The Labute approximate surface area is 84.0 Å². The van der Waals surface area contributed by atoms with Gasteiger partial charge in [0.15, 0.2) is 0 Å². The number of carboxylic acid groups (broad SMARTS) is 1. The van der Waals surface area contributed by atoms with E-state index in [9.17, 15) is 4.79 Å². The first-order valence-corrected chi connectivity index (χ1v) is 4.56. The van der Waals surface area contributed by atoms with Crippen LogP contribution in [0.15, 0.2) is 0 Å². The van der Waals surface area contributed by atoms with Crippen LogP contribution in [0.4, 0.5) is 0 Å². The van der Waals surface area contributed by atoms with Gasteiger partial charge in [-0.3, -0.25) is 4.79 Å². The van der Waals surface area contributed by atoms with Gasteiger partial charge in [0.2, 0.25) is 0 Å². The van der Waals surface area contributed by atoms with Crippen molar-refractivity contribution >= 4 is 43.9 Å². The first kappa shape index (κ1) is 14.1. The highest BCUT2D eigenvalue weighted by Gasteiger charge is 2.07. The average Bonchev–Trinajstić information content (AvgIpc) is 1.88. The first-order chi connectivity index (χ1) is 4.83. The Morgan fingerprint density at radius 1 is 1.36 bits per heavy atom. The van der Waals surface area contributed by atoms with Gasteiger partial charge in [0, 0.05) is 6.42 Å². The molecule has 0 aromatic carbocycles. The van der Waals surface area contributed by atoms with E-state index in [1.165, 1.54) is 0 Å². The smallest absolute Gasteiger partial charge is 0.303 e. The lowest BCUT2D eigenvalue weighted by Crippen LogP contribution is -1.96. The molecule has 5 heteroatoms. The van der Waals surface area contributed by atoms with E-state index in [0.717, 1.165) is 6.42 Å². The summed E-state index contributed by atoms with van der Waals surface area (Å²) in [6.45, 7) is 3.58. The minimum Gasteiger partial charge on any atom is -0.481 e. The van der Waals surface area contributed by atoms with Crippen molar-refractivity contribution in [3.05, 3.63) is 0 Å². The maximum atomic E-state index is 9.37. The molecule has 0 aliphatic heterocycles. The molecule has 0 aromatic heterocycles. The molecule has 0 bridgehead atoms. The Kier molecular flexibility index (Phi) is 9.19. The van der Waals surface area contributed by atoms with E-state index in [0.29, 0.717) is 0 Å². The fraction of sp³-hybridized carbons (Fsp3) is 0.833. The molecule has 0 rings (SSSR count). The SMILES string of the molecule is CCC(=O)O.CCC(S)(S)S. The third-order valence-corrected chi connectivity index (χ3v) is 1.73. The van der Waals surface area contributed by atoms with Crippen LogP contribution in [0.25, 0.3) is 0 Å². The zero-order valence-corrected chi connectivity index (χ0v) is 9.29. The van der Waals surface area contributed by atoms with Gasteiger partial charge >= 0.3 is 5.97 Å². The Balaban J connectivity index is 0. The van der Waals surface area contributed by atoms with Gasteiger partial charge in [-0.1, -0.05) is 13.8 Å². The van der Waals surface area contributed by atoms with Gasteiger partial charge in [-0.2, -0.15) is 37.9 Å². The summed E-state index contributed by atoms with van der Waals surface area (Å²) in [6, 6.07) is 0. The second kappa shape index (κ2) is 7.18. The third kappa shape index (κ3) is 25.1. The van der Waals surface area contributed by atoms with Crippen molar-refractivity contribution in [3.8, 4) is 0 Å². The zero-order chi connectivity index (χ0) is 9.49. The molecule has 0 fully saturated rings. The van der Waals surface area contributed by atoms with E-state index in [-0.39, 0.29) is 9.83 Å². The standard InChI is InChI=1S/C3H6O2.C3H8S3/c1-2-3(4)5;1-2-3(4,5)6/h2H2,1H3,(H,4,5);4-6H,2H2,1H3. The van der Waals surface area contributed by atoms with E-state index in [2.05, 4.69) is 37.9 Å². The summed E-state index contributed by atoms with van der Waals surface area (Å²) >= 11 is 11.9. The average molecular weight is 214 g/mol. The van der Waals surface area contributed by atoms with Gasteiger partial charge in [0.25, 0.3) is 0 Å². The fourth-order valence-corrected chi connectivity index (χ4v) is 0. The molecule has 68 valence electrons. The highest BCUT2D eigenvalue weighted by molar-refractivity contribution is 8.16. The lowest BCUT2D eigenvalue weighted by Gasteiger charge is -2.09. The lowest BCUT2D eigenvalue weighted by molar-refractivity contribution is -0.136. The van der Waals surface area contributed by atoms with Crippen molar-refractivity contribution in [2.24, 2.45) is 0 Å². The summed E-state index contributed by atoms with van der Waals surface area (Å²) in [5, 5.41) is 7.72. The Morgan fingerprint density at radius 3 is 1.55 bits per heavy atom. The van der Waals surface area contributed by atoms with E-state index in [4.69, 9.17) is 5.11 Å². The molecule has 0 saturated carbocycles. The molecule has 1 N–H and O–H groups in total. The normalized spacial score (nSPS) is 9.91. The highest BCUT2D eigenvalue weighted by atomic mass is 32.2. The monoisotopic (exact) mass is 214 g/mol. The minimum atomic E-state index is -0.745. The lowest BCUT2D eigenvalue weighted by atomic mass is 10.5. The van der Waals surface area contributed by atoms with Gasteiger partial charge in [-0.25, -0.2) is 0 Å². The van der Waals surface area contributed by atoms with Crippen molar-refractivity contribution in [2.45, 2.75) is 30.1 Å². The van der Waals surface area contributed by atoms with Crippen molar-refractivity contribution in [1.29, 1.82) is 0 Å². The molecule has 0 heterocycles. The molecule has 0 saturated heterocycles. The summed E-state index contributed by atoms with van der Waals surface area (Å²) in [5.74, 6) is -0.745. The molecule has 0 aliphatic rings. The molecule has 2 nitrogen and oxygen atoms in total. The van der Waals surface area contributed by atoms with Crippen molar-refractivity contribution < 1.29 is 9.90 Å². The van der Waals surface area contributed by atoms with Crippen molar-refractivity contribution in [3.63, 3.8) is 0 Å². The molecule has 0 spiro atoms. The summed E-state index contributed by atoms with van der Waals surface area (Å²) in [7, 11) is 0. The van der Waals surface area contributed by atoms with Crippen LogP contribution in [-0.4, -0.2) is 14.5 Å². The van der Waals surface area contributed by atoms with E-state index in [1.54, 1.807) is 6.92 Å². The second-order valence-electron chi connectivity index (χ2n) is 1.88. The second-order valence-corrected chi connectivity index (χ2v) is 5.22. The molecular formula is C6H14O2S3. The topological polar surface area (TPSA) is 37.3 Å². The van der Waals surface area contributed by atoms with E-state index in [1.807, 2.05) is 6.92 Å². The number of aliphatic carboxylic acids is 1. The third-order valence-electron chi connectivity index (χ3n) is 0.777. The Morgan fingerprint density at radius 2 is 1.55 bits per heavy atom. The maximum absolute atomic E-state index is 9.37. The Hall–Kier alpha value is 0.520. The number of carboxylic acids is 1. The van der Waals surface area contributed by atoms with Crippen molar-refractivity contribution in [1.82, 2.24) is 0 Å². The minimum absolute atomic E-state index is 0.222. The summed E-state index contributed by atoms with van der Waals surface area (Å²) in [5.41, 5.74) is 0. The number of carbonyl (C=O) groups is 1. The largest absolute Gasteiger partial charge is 0.481 e. The first-order valence-electron chi connectivity index (χ1n) is 3.22. The number of hydrogen-bond donors (Lipinski definition) is 4. The Bertz CT molecular complexity index is 109. The van der Waals surface area contributed by atoms with Crippen LogP contribution in [-0.2, 0) is 4.79 Å². The number of hydrogen-bond acceptors (Lipinski definition) is 4. The molecule has 0 amide bonds. The molecule has 0 aliphatic carbocycles. The van der Waals surface area contributed by atoms with Crippen LogP contribution in [0.2, 0.25) is 0 Å².